The molecule has 3 rings (SSSR count). The molecule has 17 heavy (non-hydrogen) atoms. The smallest absolute Gasteiger partial charge is 0.361 e. The summed E-state index contributed by atoms with van der Waals surface area (Å²) in [4.78, 5) is 2.87. The molecule has 1 aromatic carbocycles. The van der Waals surface area contributed by atoms with Crippen LogP contribution in [0.15, 0.2) is 24.4 Å². The summed E-state index contributed by atoms with van der Waals surface area (Å²) in [5, 5.41) is 0.790. The highest BCUT2D eigenvalue weighted by atomic mass is 19.4. The second kappa shape index (κ2) is 3.04. The van der Waals surface area contributed by atoms with E-state index in [4.69, 9.17) is 5.73 Å². The summed E-state index contributed by atoms with van der Waals surface area (Å²) in [6.07, 6.45) is -0.806. The van der Waals surface area contributed by atoms with Crippen LogP contribution in [0.25, 0.3) is 10.9 Å². The van der Waals surface area contributed by atoms with Crippen LogP contribution < -0.4 is 5.73 Å². The highest BCUT2D eigenvalue weighted by molar-refractivity contribution is 5.85. The number of benzene rings is 1. The Morgan fingerprint density at radius 1 is 1.24 bits per heavy atom. The fourth-order valence-electron chi connectivity index (χ4n) is 2.12. The zero-order valence-electron chi connectivity index (χ0n) is 8.93. The molecule has 2 nitrogen and oxygen atoms in total. The zero-order chi connectivity index (χ0) is 12.3. The normalized spacial score (nSPS) is 18.6. The fraction of sp³-hybridized carbons (Fsp3) is 0.333. The number of hydrogen-bond donors (Lipinski definition) is 2. The SMILES string of the molecule is NC1(c2c[nH]c3cc(C(F)(F)F)ccc23)CC1. The van der Waals surface area contributed by atoms with Gasteiger partial charge in [-0.3, -0.25) is 0 Å². The Morgan fingerprint density at radius 2 is 1.94 bits per heavy atom. The molecule has 2 aromatic rings. The molecule has 1 aliphatic carbocycles. The summed E-state index contributed by atoms with van der Waals surface area (Å²) >= 11 is 0. The maximum absolute atomic E-state index is 12.5. The predicted octanol–water partition coefficient (Wildman–Crippen LogP) is 3.13. The summed E-state index contributed by atoms with van der Waals surface area (Å²) in [6.45, 7) is 0. The van der Waals surface area contributed by atoms with E-state index < -0.39 is 11.7 Å². The van der Waals surface area contributed by atoms with Crippen LogP contribution >= 0.6 is 0 Å². The molecule has 3 N–H and O–H groups in total. The van der Waals surface area contributed by atoms with E-state index in [0.717, 1.165) is 35.9 Å². The number of H-pyrrole nitrogens is 1. The zero-order valence-corrected chi connectivity index (χ0v) is 8.93. The lowest BCUT2D eigenvalue weighted by Gasteiger charge is -2.08. The van der Waals surface area contributed by atoms with Gasteiger partial charge in [0, 0.05) is 22.6 Å². The molecule has 0 spiro atoms. The van der Waals surface area contributed by atoms with Crippen molar-refractivity contribution in [3.63, 3.8) is 0 Å². The molecule has 1 aromatic heterocycles. The summed E-state index contributed by atoms with van der Waals surface area (Å²) in [5.41, 5.74) is 6.50. The van der Waals surface area contributed by atoms with Gasteiger partial charge in [-0.05, 0) is 30.5 Å². The first kappa shape index (κ1) is 10.7. The van der Waals surface area contributed by atoms with Gasteiger partial charge in [-0.15, -0.1) is 0 Å². The number of rotatable bonds is 1. The largest absolute Gasteiger partial charge is 0.416 e. The van der Waals surface area contributed by atoms with E-state index in [1.165, 1.54) is 6.07 Å². The van der Waals surface area contributed by atoms with Crippen molar-refractivity contribution in [2.45, 2.75) is 24.6 Å². The van der Waals surface area contributed by atoms with E-state index in [-0.39, 0.29) is 5.54 Å². The van der Waals surface area contributed by atoms with Crippen molar-refractivity contribution in [2.75, 3.05) is 0 Å². The standard InChI is InChI=1S/C12H11F3N2/c13-12(14,15)7-1-2-8-9(11(16)3-4-11)6-17-10(8)5-7/h1-2,5-6,17H,3-4,16H2. The summed E-state index contributed by atoms with van der Waals surface area (Å²) in [6, 6.07) is 3.73. The van der Waals surface area contributed by atoms with Crippen molar-refractivity contribution in [1.82, 2.24) is 4.98 Å². The number of aromatic amines is 1. The first-order valence-corrected chi connectivity index (χ1v) is 5.38. The average molecular weight is 240 g/mol. The van der Waals surface area contributed by atoms with Crippen LogP contribution in [0.5, 0.6) is 0 Å². The van der Waals surface area contributed by atoms with Gasteiger partial charge in [0.15, 0.2) is 0 Å². The second-order valence-electron chi connectivity index (χ2n) is 4.62. The number of halogens is 3. The van der Waals surface area contributed by atoms with Gasteiger partial charge in [-0.1, -0.05) is 6.07 Å². The Hall–Kier alpha value is -1.49. The number of aromatic nitrogens is 1. The van der Waals surface area contributed by atoms with Gasteiger partial charge in [0.05, 0.1) is 5.56 Å². The van der Waals surface area contributed by atoms with Gasteiger partial charge in [-0.2, -0.15) is 13.2 Å². The molecule has 0 radical (unpaired) electrons. The Labute approximate surface area is 95.6 Å². The van der Waals surface area contributed by atoms with E-state index in [9.17, 15) is 13.2 Å². The number of nitrogens with one attached hydrogen (secondary N) is 1. The van der Waals surface area contributed by atoms with Gasteiger partial charge < -0.3 is 10.7 Å². The molecule has 1 saturated carbocycles. The molecule has 0 saturated heterocycles. The number of fused-ring (bicyclic) bond motifs is 1. The third-order valence-corrected chi connectivity index (χ3v) is 3.33. The monoisotopic (exact) mass is 240 g/mol. The van der Waals surface area contributed by atoms with Crippen LogP contribution in [0.4, 0.5) is 13.2 Å². The number of nitrogens with two attached hydrogens (primary N) is 1. The van der Waals surface area contributed by atoms with E-state index >= 15 is 0 Å². The molecule has 0 amide bonds. The van der Waals surface area contributed by atoms with Crippen LogP contribution in [-0.2, 0) is 11.7 Å². The minimum atomic E-state index is -4.31. The van der Waals surface area contributed by atoms with Crippen molar-refractivity contribution in [3.8, 4) is 0 Å². The third-order valence-electron chi connectivity index (χ3n) is 3.33. The minimum Gasteiger partial charge on any atom is -0.361 e. The lowest BCUT2D eigenvalue weighted by molar-refractivity contribution is -0.137. The lowest BCUT2D eigenvalue weighted by atomic mass is 10.0. The first-order chi connectivity index (χ1) is 7.90. The Morgan fingerprint density at radius 3 is 2.53 bits per heavy atom. The Balaban J connectivity index is 2.14. The minimum absolute atomic E-state index is 0.335. The topological polar surface area (TPSA) is 41.8 Å². The highest BCUT2D eigenvalue weighted by Gasteiger charge is 2.42. The fourth-order valence-corrected chi connectivity index (χ4v) is 2.12. The van der Waals surface area contributed by atoms with Crippen LogP contribution in [0, 0.1) is 0 Å². The molecule has 1 aliphatic rings. The maximum atomic E-state index is 12.5. The van der Waals surface area contributed by atoms with Gasteiger partial charge in [0.2, 0.25) is 0 Å². The predicted molar refractivity (Wildman–Crippen MR) is 58.4 cm³/mol. The molecule has 5 heteroatoms. The Bertz CT molecular complexity index is 579. The van der Waals surface area contributed by atoms with Gasteiger partial charge in [0.25, 0.3) is 0 Å². The van der Waals surface area contributed by atoms with Crippen molar-refractivity contribution < 1.29 is 13.2 Å². The molecule has 0 bridgehead atoms. The molecular formula is C12H11F3N2. The Kier molecular flexibility index (Phi) is 1.91. The highest BCUT2D eigenvalue weighted by Crippen LogP contribution is 2.45. The lowest BCUT2D eigenvalue weighted by Crippen LogP contribution is -2.17. The average Bonchev–Trinajstić information content (AvgIpc) is 2.85. The summed E-state index contributed by atoms with van der Waals surface area (Å²) < 4.78 is 37.6. The van der Waals surface area contributed by atoms with Gasteiger partial charge in [0.1, 0.15) is 0 Å². The molecule has 0 atom stereocenters. The van der Waals surface area contributed by atoms with Crippen LogP contribution in [0.3, 0.4) is 0 Å². The van der Waals surface area contributed by atoms with E-state index in [2.05, 4.69) is 4.98 Å². The van der Waals surface area contributed by atoms with Crippen LogP contribution in [-0.4, -0.2) is 4.98 Å². The van der Waals surface area contributed by atoms with Crippen molar-refractivity contribution in [3.05, 3.63) is 35.5 Å². The quantitative estimate of drug-likeness (QED) is 0.790. The molecular weight excluding hydrogens is 229 g/mol. The van der Waals surface area contributed by atoms with E-state index in [1.807, 2.05) is 0 Å². The molecule has 1 heterocycles. The molecule has 1 fully saturated rings. The van der Waals surface area contributed by atoms with Crippen molar-refractivity contribution in [1.29, 1.82) is 0 Å². The molecule has 0 unspecified atom stereocenters. The van der Waals surface area contributed by atoms with Crippen LogP contribution in [0.2, 0.25) is 0 Å². The third kappa shape index (κ3) is 1.61. The van der Waals surface area contributed by atoms with Crippen molar-refractivity contribution in [2.24, 2.45) is 5.73 Å². The molecule has 0 aliphatic heterocycles. The maximum Gasteiger partial charge on any atom is 0.416 e. The summed E-state index contributed by atoms with van der Waals surface area (Å²) in [7, 11) is 0. The summed E-state index contributed by atoms with van der Waals surface area (Å²) in [5.74, 6) is 0. The number of alkyl halides is 3. The second-order valence-corrected chi connectivity index (χ2v) is 4.62. The number of hydrogen-bond acceptors (Lipinski definition) is 1. The first-order valence-electron chi connectivity index (χ1n) is 5.38. The van der Waals surface area contributed by atoms with E-state index in [0.29, 0.717) is 5.52 Å². The van der Waals surface area contributed by atoms with E-state index in [1.54, 1.807) is 6.20 Å². The van der Waals surface area contributed by atoms with Crippen molar-refractivity contribution >= 4 is 10.9 Å². The molecule has 90 valence electrons. The van der Waals surface area contributed by atoms with Crippen LogP contribution in [0.1, 0.15) is 24.0 Å². The van der Waals surface area contributed by atoms with Gasteiger partial charge in [-0.25, -0.2) is 0 Å². The van der Waals surface area contributed by atoms with Gasteiger partial charge >= 0.3 is 6.18 Å².